The van der Waals surface area contributed by atoms with Gasteiger partial charge in [0.1, 0.15) is 18.1 Å². The van der Waals surface area contributed by atoms with Crippen LogP contribution in [0, 0.1) is 0 Å². The molecule has 0 N–H and O–H groups in total. The third kappa shape index (κ3) is 6.65. The zero-order valence-electron chi connectivity index (χ0n) is 20.2. The Kier molecular flexibility index (Phi) is 8.67. The van der Waals surface area contributed by atoms with Crippen LogP contribution in [0.4, 0.5) is 0 Å². The van der Waals surface area contributed by atoms with Crippen LogP contribution in [0.3, 0.4) is 0 Å². The van der Waals surface area contributed by atoms with E-state index >= 15 is 0 Å². The molecule has 178 valence electrons. The number of ether oxygens (including phenoxy) is 2. The highest BCUT2D eigenvalue weighted by molar-refractivity contribution is 6.30. The van der Waals surface area contributed by atoms with Gasteiger partial charge in [0.05, 0.1) is 7.11 Å². The lowest BCUT2D eigenvalue weighted by Crippen LogP contribution is -2.33. The van der Waals surface area contributed by atoms with Crippen molar-refractivity contribution in [2.75, 3.05) is 33.4 Å². The Morgan fingerprint density at radius 1 is 0.794 bits per heavy atom. The second kappa shape index (κ2) is 12.1. The van der Waals surface area contributed by atoms with E-state index in [0.717, 1.165) is 41.7 Å². The summed E-state index contributed by atoms with van der Waals surface area (Å²) in [6, 6.07) is 24.9. The highest BCUT2D eigenvalue weighted by Crippen LogP contribution is 2.31. The van der Waals surface area contributed by atoms with Crippen molar-refractivity contribution in [1.29, 1.82) is 0 Å². The van der Waals surface area contributed by atoms with Crippen LogP contribution in [0.15, 0.2) is 78.4 Å². The summed E-state index contributed by atoms with van der Waals surface area (Å²) in [5.74, 6) is 1.79. The Hall–Kier alpha value is -2.75. The minimum atomic E-state index is 0.732. The molecule has 4 rings (SSSR count). The summed E-state index contributed by atoms with van der Waals surface area (Å²) < 4.78 is 11.4. The lowest BCUT2D eigenvalue weighted by Gasteiger charge is -2.26. The SMILES string of the molecule is COc1ccc(C/C(C)=C(\c2ccc(Cl)cc2)c2ccc(OCCN3CCCCC3)cc2)cc1. The first-order valence-electron chi connectivity index (χ1n) is 12.2. The molecule has 0 spiro atoms. The van der Waals surface area contributed by atoms with Crippen molar-refractivity contribution >= 4 is 17.2 Å². The largest absolute Gasteiger partial charge is 0.497 e. The van der Waals surface area contributed by atoms with Gasteiger partial charge in [0.15, 0.2) is 0 Å². The van der Waals surface area contributed by atoms with Gasteiger partial charge in [-0.05, 0) is 97.9 Å². The molecule has 0 atom stereocenters. The summed E-state index contributed by atoms with van der Waals surface area (Å²) in [5, 5.41) is 0.744. The Labute approximate surface area is 209 Å². The molecule has 0 unspecified atom stereocenters. The molecule has 1 saturated heterocycles. The number of allylic oxidation sites excluding steroid dienone is 1. The number of halogens is 1. The first-order valence-corrected chi connectivity index (χ1v) is 12.5. The fourth-order valence-electron chi connectivity index (χ4n) is 4.61. The average Bonchev–Trinajstić information content (AvgIpc) is 2.87. The Morgan fingerprint density at radius 2 is 1.38 bits per heavy atom. The molecule has 3 aromatic carbocycles. The lowest BCUT2D eigenvalue weighted by atomic mass is 9.90. The summed E-state index contributed by atoms with van der Waals surface area (Å²) in [6.07, 6.45) is 4.84. The molecular weight excluding hydrogens is 442 g/mol. The summed E-state index contributed by atoms with van der Waals surface area (Å²) in [6.45, 7) is 6.33. The van der Waals surface area contributed by atoms with E-state index in [-0.39, 0.29) is 0 Å². The number of piperidine rings is 1. The third-order valence-electron chi connectivity index (χ3n) is 6.46. The number of benzene rings is 3. The third-order valence-corrected chi connectivity index (χ3v) is 6.71. The first-order chi connectivity index (χ1) is 16.6. The minimum Gasteiger partial charge on any atom is -0.497 e. The smallest absolute Gasteiger partial charge is 0.119 e. The highest BCUT2D eigenvalue weighted by Gasteiger charge is 2.12. The number of nitrogens with zero attached hydrogens (tertiary/aromatic N) is 1. The molecule has 0 aromatic heterocycles. The van der Waals surface area contributed by atoms with E-state index in [1.807, 2.05) is 24.3 Å². The predicted molar refractivity (Wildman–Crippen MR) is 142 cm³/mol. The molecular formula is C30H34ClNO2. The van der Waals surface area contributed by atoms with Crippen LogP contribution in [-0.2, 0) is 6.42 Å². The van der Waals surface area contributed by atoms with Crippen LogP contribution in [0.1, 0.15) is 42.9 Å². The Balaban J connectivity index is 1.52. The van der Waals surface area contributed by atoms with Crippen molar-refractivity contribution in [3.8, 4) is 11.5 Å². The van der Waals surface area contributed by atoms with Gasteiger partial charge in [-0.25, -0.2) is 0 Å². The molecule has 4 heteroatoms. The fourth-order valence-corrected chi connectivity index (χ4v) is 4.73. The molecule has 1 heterocycles. The van der Waals surface area contributed by atoms with Gasteiger partial charge in [0.2, 0.25) is 0 Å². The number of hydrogen-bond acceptors (Lipinski definition) is 3. The average molecular weight is 476 g/mol. The Bertz CT molecular complexity index is 1070. The number of likely N-dealkylation sites (tertiary alicyclic amines) is 1. The number of rotatable bonds is 9. The topological polar surface area (TPSA) is 21.7 Å². The molecule has 34 heavy (non-hydrogen) atoms. The van der Waals surface area contributed by atoms with E-state index in [0.29, 0.717) is 0 Å². The number of methoxy groups -OCH3 is 1. The van der Waals surface area contributed by atoms with Crippen molar-refractivity contribution in [2.24, 2.45) is 0 Å². The second-order valence-electron chi connectivity index (χ2n) is 8.96. The minimum absolute atomic E-state index is 0.732. The standard InChI is InChI=1S/C30H34ClNO2/c1-23(22-24-6-14-28(33-2)15-7-24)30(25-8-12-27(31)13-9-25)26-10-16-29(17-11-26)34-21-20-32-18-4-3-5-19-32/h6-17H,3-5,18-22H2,1-2H3/b30-23+. The van der Waals surface area contributed by atoms with E-state index < -0.39 is 0 Å². The Morgan fingerprint density at radius 3 is 2.00 bits per heavy atom. The van der Waals surface area contributed by atoms with E-state index in [2.05, 4.69) is 60.4 Å². The maximum Gasteiger partial charge on any atom is 0.119 e. The summed E-state index contributed by atoms with van der Waals surface area (Å²) in [5.41, 5.74) is 6.12. The molecule has 1 aliphatic heterocycles. The molecule has 0 amide bonds. The van der Waals surface area contributed by atoms with E-state index in [1.165, 1.54) is 54.6 Å². The molecule has 0 bridgehead atoms. The van der Waals surface area contributed by atoms with Crippen molar-refractivity contribution in [3.05, 3.63) is 100 Å². The quantitative estimate of drug-likeness (QED) is 0.324. The second-order valence-corrected chi connectivity index (χ2v) is 9.40. The molecule has 0 aliphatic carbocycles. The highest BCUT2D eigenvalue weighted by atomic mass is 35.5. The van der Waals surface area contributed by atoms with Crippen molar-refractivity contribution in [1.82, 2.24) is 4.90 Å². The summed E-state index contributed by atoms with van der Waals surface area (Å²) in [4.78, 5) is 2.50. The lowest BCUT2D eigenvalue weighted by molar-refractivity contribution is 0.183. The van der Waals surface area contributed by atoms with E-state index in [4.69, 9.17) is 21.1 Å². The zero-order chi connectivity index (χ0) is 23.8. The van der Waals surface area contributed by atoms with Gasteiger partial charge in [-0.3, -0.25) is 4.90 Å². The molecule has 0 saturated carbocycles. The normalized spacial score (nSPS) is 15.0. The van der Waals surface area contributed by atoms with Gasteiger partial charge in [0.25, 0.3) is 0 Å². The van der Waals surface area contributed by atoms with Crippen LogP contribution >= 0.6 is 11.6 Å². The number of hydrogen-bond donors (Lipinski definition) is 0. The van der Waals surface area contributed by atoms with E-state index in [9.17, 15) is 0 Å². The van der Waals surface area contributed by atoms with Crippen LogP contribution in [-0.4, -0.2) is 38.3 Å². The molecule has 1 fully saturated rings. The molecule has 3 aromatic rings. The van der Waals surface area contributed by atoms with Crippen LogP contribution < -0.4 is 9.47 Å². The maximum absolute atomic E-state index is 6.18. The van der Waals surface area contributed by atoms with Gasteiger partial charge < -0.3 is 9.47 Å². The van der Waals surface area contributed by atoms with Crippen molar-refractivity contribution in [2.45, 2.75) is 32.6 Å². The molecule has 0 radical (unpaired) electrons. The fraction of sp³-hybridized carbons (Fsp3) is 0.333. The molecule has 3 nitrogen and oxygen atoms in total. The summed E-state index contributed by atoms with van der Waals surface area (Å²) >= 11 is 6.18. The monoisotopic (exact) mass is 475 g/mol. The van der Waals surface area contributed by atoms with Gasteiger partial charge in [-0.15, -0.1) is 0 Å². The maximum atomic E-state index is 6.18. The predicted octanol–water partition coefficient (Wildman–Crippen LogP) is 7.28. The molecule has 1 aliphatic rings. The van der Waals surface area contributed by atoms with Crippen molar-refractivity contribution < 1.29 is 9.47 Å². The summed E-state index contributed by atoms with van der Waals surface area (Å²) in [7, 11) is 1.69. The van der Waals surface area contributed by atoms with Gasteiger partial charge >= 0.3 is 0 Å². The van der Waals surface area contributed by atoms with Crippen molar-refractivity contribution in [3.63, 3.8) is 0 Å². The van der Waals surface area contributed by atoms with Gasteiger partial charge in [-0.2, -0.15) is 0 Å². The van der Waals surface area contributed by atoms with Crippen LogP contribution in [0.25, 0.3) is 5.57 Å². The van der Waals surface area contributed by atoms with Crippen LogP contribution in [0.5, 0.6) is 11.5 Å². The zero-order valence-corrected chi connectivity index (χ0v) is 21.0. The van der Waals surface area contributed by atoms with Crippen LogP contribution in [0.2, 0.25) is 5.02 Å². The van der Waals surface area contributed by atoms with Gasteiger partial charge in [-0.1, -0.05) is 60.0 Å². The van der Waals surface area contributed by atoms with Gasteiger partial charge in [0, 0.05) is 11.6 Å². The first kappa shape index (κ1) is 24.4. The van der Waals surface area contributed by atoms with E-state index in [1.54, 1.807) is 7.11 Å².